The van der Waals surface area contributed by atoms with Gasteiger partial charge in [-0.05, 0) is 13.3 Å². The minimum Gasteiger partial charge on any atom is -0.383 e. The minimum atomic E-state index is 0.657. The normalized spacial score (nSPS) is 10.9. The molecule has 0 spiro atoms. The van der Waals surface area contributed by atoms with Gasteiger partial charge in [-0.1, -0.05) is 6.92 Å². The van der Waals surface area contributed by atoms with E-state index in [0.29, 0.717) is 6.61 Å². The molecule has 104 valence electrons. The van der Waals surface area contributed by atoms with E-state index in [1.807, 2.05) is 17.8 Å². The van der Waals surface area contributed by atoms with Crippen molar-refractivity contribution in [1.29, 1.82) is 0 Å². The lowest BCUT2D eigenvalue weighted by atomic mass is 10.5. The molecular formula is C13H21N5O. The Labute approximate surface area is 113 Å². The third-order valence-electron chi connectivity index (χ3n) is 2.78. The number of hydrogen-bond donors (Lipinski definition) is 1. The zero-order valence-corrected chi connectivity index (χ0v) is 11.8. The first kappa shape index (κ1) is 13.6. The number of methoxy groups -OCH3 is 1. The summed E-state index contributed by atoms with van der Waals surface area (Å²) in [5, 5.41) is 7.57. The molecule has 0 aromatic carbocycles. The average Bonchev–Trinajstić information content (AvgIpc) is 2.95. The number of anilines is 2. The molecule has 0 saturated heterocycles. The summed E-state index contributed by atoms with van der Waals surface area (Å²) in [5.74, 6) is 0.866. The number of nitrogens with zero attached hydrogens (tertiary/aromatic N) is 4. The predicted octanol–water partition coefficient (Wildman–Crippen LogP) is 2.19. The highest BCUT2D eigenvalue weighted by Gasteiger charge is 2.06. The standard InChI is InChI=1S/C13H21N5O/c1-4-5-17-9-11(2)15-13(17)16-12-8-14-18(10-12)6-7-19-3/h8-10H,4-7H2,1-3H3,(H,15,16). The highest BCUT2D eigenvalue weighted by Crippen LogP contribution is 2.16. The third kappa shape index (κ3) is 3.57. The van der Waals surface area contributed by atoms with Crippen LogP contribution in [0.25, 0.3) is 0 Å². The Kier molecular flexibility index (Phi) is 4.57. The fourth-order valence-electron chi connectivity index (χ4n) is 1.92. The number of nitrogens with one attached hydrogen (secondary N) is 1. The molecule has 1 N–H and O–H groups in total. The molecule has 2 heterocycles. The Morgan fingerprint density at radius 3 is 2.89 bits per heavy atom. The second-order valence-corrected chi connectivity index (χ2v) is 4.51. The van der Waals surface area contributed by atoms with Crippen molar-refractivity contribution >= 4 is 11.6 Å². The number of aromatic nitrogens is 4. The molecule has 19 heavy (non-hydrogen) atoms. The maximum atomic E-state index is 5.03. The quantitative estimate of drug-likeness (QED) is 0.832. The van der Waals surface area contributed by atoms with E-state index in [0.717, 1.165) is 36.8 Å². The number of hydrogen-bond acceptors (Lipinski definition) is 4. The van der Waals surface area contributed by atoms with Gasteiger partial charge in [-0.15, -0.1) is 0 Å². The van der Waals surface area contributed by atoms with Crippen LogP contribution in [0.3, 0.4) is 0 Å². The largest absolute Gasteiger partial charge is 0.383 e. The molecule has 2 aromatic heterocycles. The fraction of sp³-hybridized carbons (Fsp3) is 0.538. The zero-order valence-electron chi connectivity index (χ0n) is 11.8. The van der Waals surface area contributed by atoms with Crippen LogP contribution < -0.4 is 5.32 Å². The lowest BCUT2D eigenvalue weighted by Gasteiger charge is -2.06. The molecule has 0 fully saturated rings. The summed E-state index contributed by atoms with van der Waals surface area (Å²) < 4.78 is 9.01. The molecule has 2 rings (SSSR count). The summed E-state index contributed by atoms with van der Waals surface area (Å²) in [6.45, 7) is 6.52. The van der Waals surface area contributed by atoms with Gasteiger partial charge in [0.1, 0.15) is 0 Å². The molecule has 0 unspecified atom stereocenters. The van der Waals surface area contributed by atoms with E-state index in [1.165, 1.54) is 0 Å². The number of aryl methyl sites for hydroxylation is 2. The Morgan fingerprint density at radius 2 is 2.16 bits per heavy atom. The van der Waals surface area contributed by atoms with Gasteiger partial charge in [-0.2, -0.15) is 5.10 Å². The maximum Gasteiger partial charge on any atom is 0.207 e. The van der Waals surface area contributed by atoms with Crippen LogP contribution in [0, 0.1) is 6.92 Å². The smallest absolute Gasteiger partial charge is 0.207 e. The van der Waals surface area contributed by atoms with Crippen LogP contribution >= 0.6 is 0 Å². The Bertz CT molecular complexity index is 517. The van der Waals surface area contributed by atoms with E-state index in [2.05, 4.69) is 33.1 Å². The molecule has 0 atom stereocenters. The van der Waals surface area contributed by atoms with Gasteiger partial charge in [0.25, 0.3) is 0 Å². The zero-order chi connectivity index (χ0) is 13.7. The van der Waals surface area contributed by atoms with Crippen molar-refractivity contribution in [3.63, 3.8) is 0 Å². The first-order valence-corrected chi connectivity index (χ1v) is 6.55. The van der Waals surface area contributed by atoms with Crippen molar-refractivity contribution in [3.05, 3.63) is 24.3 Å². The second-order valence-electron chi connectivity index (χ2n) is 4.51. The Balaban J connectivity index is 2.05. The molecule has 0 aliphatic heterocycles. The number of ether oxygens (including phenoxy) is 1. The van der Waals surface area contributed by atoms with Gasteiger partial charge in [0.15, 0.2) is 0 Å². The monoisotopic (exact) mass is 263 g/mol. The molecule has 0 aliphatic carbocycles. The van der Waals surface area contributed by atoms with Crippen molar-refractivity contribution in [2.24, 2.45) is 0 Å². The third-order valence-corrected chi connectivity index (χ3v) is 2.78. The van der Waals surface area contributed by atoms with E-state index < -0.39 is 0 Å². The Morgan fingerprint density at radius 1 is 1.32 bits per heavy atom. The van der Waals surface area contributed by atoms with E-state index in [4.69, 9.17) is 4.74 Å². The lowest BCUT2D eigenvalue weighted by molar-refractivity contribution is 0.183. The Hall–Kier alpha value is -1.82. The van der Waals surface area contributed by atoms with Gasteiger partial charge in [-0.3, -0.25) is 4.68 Å². The van der Waals surface area contributed by atoms with Crippen molar-refractivity contribution < 1.29 is 4.74 Å². The van der Waals surface area contributed by atoms with Crippen LogP contribution in [-0.4, -0.2) is 33.0 Å². The van der Waals surface area contributed by atoms with Crippen LogP contribution in [0.2, 0.25) is 0 Å². The highest BCUT2D eigenvalue weighted by molar-refractivity contribution is 5.51. The summed E-state index contributed by atoms with van der Waals surface area (Å²) in [4.78, 5) is 4.49. The molecule has 0 saturated carbocycles. The first-order chi connectivity index (χ1) is 9.22. The SMILES string of the molecule is CCCn1cc(C)nc1Nc1cnn(CCOC)c1. The summed E-state index contributed by atoms with van der Waals surface area (Å²) in [7, 11) is 1.69. The molecule has 0 aliphatic rings. The van der Waals surface area contributed by atoms with Gasteiger partial charge < -0.3 is 14.6 Å². The van der Waals surface area contributed by atoms with Gasteiger partial charge in [0, 0.05) is 26.0 Å². The summed E-state index contributed by atoms with van der Waals surface area (Å²) in [6, 6.07) is 0. The van der Waals surface area contributed by atoms with E-state index >= 15 is 0 Å². The first-order valence-electron chi connectivity index (χ1n) is 6.55. The molecule has 6 heteroatoms. The summed E-state index contributed by atoms with van der Waals surface area (Å²) >= 11 is 0. The van der Waals surface area contributed by atoms with Crippen LogP contribution in [0.1, 0.15) is 19.0 Å². The van der Waals surface area contributed by atoms with E-state index in [-0.39, 0.29) is 0 Å². The van der Waals surface area contributed by atoms with Crippen molar-refractivity contribution in [2.75, 3.05) is 19.0 Å². The van der Waals surface area contributed by atoms with E-state index in [1.54, 1.807) is 13.3 Å². The molecular weight excluding hydrogens is 242 g/mol. The number of rotatable bonds is 7. The minimum absolute atomic E-state index is 0.657. The van der Waals surface area contributed by atoms with Gasteiger partial charge in [0.2, 0.25) is 5.95 Å². The van der Waals surface area contributed by atoms with Crippen LogP contribution in [0.5, 0.6) is 0 Å². The second kappa shape index (κ2) is 6.38. The van der Waals surface area contributed by atoms with Gasteiger partial charge >= 0.3 is 0 Å². The number of imidazole rings is 1. The van der Waals surface area contributed by atoms with Crippen LogP contribution in [-0.2, 0) is 17.8 Å². The van der Waals surface area contributed by atoms with E-state index in [9.17, 15) is 0 Å². The fourth-order valence-corrected chi connectivity index (χ4v) is 1.92. The van der Waals surface area contributed by atoms with Crippen molar-refractivity contribution in [3.8, 4) is 0 Å². The average molecular weight is 263 g/mol. The lowest BCUT2D eigenvalue weighted by Crippen LogP contribution is -2.04. The molecule has 6 nitrogen and oxygen atoms in total. The highest BCUT2D eigenvalue weighted by atomic mass is 16.5. The topological polar surface area (TPSA) is 56.9 Å². The van der Waals surface area contributed by atoms with Gasteiger partial charge in [0.05, 0.1) is 30.7 Å². The predicted molar refractivity (Wildman–Crippen MR) is 74.6 cm³/mol. The molecule has 0 amide bonds. The molecule has 0 bridgehead atoms. The molecule has 2 aromatic rings. The summed E-state index contributed by atoms with van der Waals surface area (Å²) in [6.07, 6.45) is 6.90. The van der Waals surface area contributed by atoms with Crippen molar-refractivity contribution in [2.45, 2.75) is 33.4 Å². The van der Waals surface area contributed by atoms with Crippen molar-refractivity contribution in [1.82, 2.24) is 19.3 Å². The van der Waals surface area contributed by atoms with Gasteiger partial charge in [-0.25, -0.2) is 4.98 Å². The maximum absolute atomic E-state index is 5.03. The van der Waals surface area contributed by atoms with Crippen LogP contribution in [0.4, 0.5) is 11.6 Å². The molecule has 0 radical (unpaired) electrons. The van der Waals surface area contributed by atoms with Crippen LogP contribution in [0.15, 0.2) is 18.6 Å². The summed E-state index contributed by atoms with van der Waals surface area (Å²) in [5.41, 5.74) is 1.96.